The maximum Gasteiger partial charge on any atom is 0.251 e. The fourth-order valence-corrected chi connectivity index (χ4v) is 2.97. The van der Waals surface area contributed by atoms with Crippen LogP contribution in [0.3, 0.4) is 0 Å². The van der Waals surface area contributed by atoms with Gasteiger partial charge in [-0.2, -0.15) is 0 Å². The van der Waals surface area contributed by atoms with Gasteiger partial charge in [-0.25, -0.2) is 4.98 Å². The quantitative estimate of drug-likeness (QED) is 0.887. The van der Waals surface area contributed by atoms with E-state index in [9.17, 15) is 4.79 Å². The molecule has 4 nitrogen and oxygen atoms in total. The molecule has 20 heavy (non-hydrogen) atoms. The van der Waals surface area contributed by atoms with Gasteiger partial charge in [0.2, 0.25) is 0 Å². The largest absolute Gasteiger partial charge is 0.373 e. The van der Waals surface area contributed by atoms with Gasteiger partial charge in [-0.05, 0) is 44.7 Å². The Morgan fingerprint density at radius 3 is 2.65 bits per heavy atom. The summed E-state index contributed by atoms with van der Waals surface area (Å²) in [6.45, 7) is 4.03. The number of rotatable bonds is 4. The summed E-state index contributed by atoms with van der Waals surface area (Å²) in [5, 5.41) is 6.14. The standard InChI is InChI=1S/C16H25N3O/c1-11-9-14(10-15(17-3)18-11)16(20)19-12(2)13-7-5-4-6-8-13/h9-10,12-13H,4-8H2,1-3H3,(H,17,18)(H,19,20). The number of pyridine rings is 1. The molecule has 1 aliphatic carbocycles. The zero-order valence-corrected chi connectivity index (χ0v) is 12.7. The maximum atomic E-state index is 12.4. The number of anilines is 1. The van der Waals surface area contributed by atoms with Crippen molar-refractivity contribution in [3.63, 3.8) is 0 Å². The zero-order chi connectivity index (χ0) is 14.5. The van der Waals surface area contributed by atoms with Crippen molar-refractivity contribution in [2.75, 3.05) is 12.4 Å². The number of carbonyl (C=O) groups is 1. The molecule has 110 valence electrons. The topological polar surface area (TPSA) is 54.0 Å². The first-order chi connectivity index (χ1) is 9.60. The van der Waals surface area contributed by atoms with Crippen LogP contribution in [0.15, 0.2) is 12.1 Å². The summed E-state index contributed by atoms with van der Waals surface area (Å²) >= 11 is 0. The maximum absolute atomic E-state index is 12.4. The average molecular weight is 275 g/mol. The average Bonchev–Trinajstić information content (AvgIpc) is 2.47. The Bertz CT molecular complexity index is 467. The van der Waals surface area contributed by atoms with Gasteiger partial charge in [0.25, 0.3) is 5.91 Å². The van der Waals surface area contributed by atoms with Crippen molar-refractivity contribution in [2.45, 2.75) is 52.0 Å². The second-order valence-electron chi connectivity index (χ2n) is 5.79. The lowest BCUT2D eigenvalue weighted by Crippen LogP contribution is -2.38. The molecule has 1 atom stereocenters. The van der Waals surface area contributed by atoms with Gasteiger partial charge in [-0.1, -0.05) is 19.3 Å². The first-order valence-corrected chi connectivity index (χ1v) is 7.57. The minimum atomic E-state index is 0.00470. The van der Waals surface area contributed by atoms with Crippen molar-refractivity contribution in [3.8, 4) is 0 Å². The molecule has 0 aliphatic heterocycles. The lowest BCUT2D eigenvalue weighted by atomic mass is 9.84. The van der Waals surface area contributed by atoms with Gasteiger partial charge in [0.1, 0.15) is 5.82 Å². The van der Waals surface area contributed by atoms with Gasteiger partial charge >= 0.3 is 0 Å². The highest BCUT2D eigenvalue weighted by Crippen LogP contribution is 2.26. The first-order valence-electron chi connectivity index (χ1n) is 7.57. The molecule has 2 rings (SSSR count). The molecule has 0 radical (unpaired) electrons. The molecule has 1 aromatic rings. The van der Waals surface area contributed by atoms with Gasteiger partial charge < -0.3 is 10.6 Å². The van der Waals surface area contributed by atoms with Crippen LogP contribution >= 0.6 is 0 Å². The number of hydrogen-bond donors (Lipinski definition) is 2. The predicted molar refractivity (Wildman–Crippen MR) is 82.0 cm³/mol. The van der Waals surface area contributed by atoms with Gasteiger partial charge in [-0.15, -0.1) is 0 Å². The summed E-state index contributed by atoms with van der Waals surface area (Å²) in [6.07, 6.45) is 6.40. The van der Waals surface area contributed by atoms with Crippen molar-refractivity contribution in [1.82, 2.24) is 10.3 Å². The van der Waals surface area contributed by atoms with Crippen LogP contribution in [-0.4, -0.2) is 24.0 Å². The number of aryl methyl sites for hydroxylation is 1. The van der Waals surface area contributed by atoms with Crippen LogP contribution in [0.5, 0.6) is 0 Å². The third kappa shape index (κ3) is 3.71. The van der Waals surface area contributed by atoms with E-state index in [1.807, 2.05) is 20.0 Å². The minimum absolute atomic E-state index is 0.00470. The van der Waals surface area contributed by atoms with Crippen molar-refractivity contribution in [2.24, 2.45) is 5.92 Å². The fraction of sp³-hybridized carbons (Fsp3) is 0.625. The van der Waals surface area contributed by atoms with Gasteiger partial charge in [0.15, 0.2) is 0 Å². The molecular weight excluding hydrogens is 250 g/mol. The summed E-state index contributed by atoms with van der Waals surface area (Å²) < 4.78 is 0. The molecule has 4 heteroatoms. The van der Waals surface area contributed by atoms with E-state index in [0.717, 1.165) is 11.5 Å². The van der Waals surface area contributed by atoms with E-state index in [-0.39, 0.29) is 11.9 Å². The monoisotopic (exact) mass is 275 g/mol. The molecule has 0 bridgehead atoms. The second-order valence-corrected chi connectivity index (χ2v) is 5.79. The third-order valence-corrected chi connectivity index (χ3v) is 4.19. The molecule has 1 fully saturated rings. The van der Waals surface area contributed by atoms with Crippen LogP contribution in [0.4, 0.5) is 5.82 Å². The highest BCUT2D eigenvalue weighted by Gasteiger charge is 2.22. The molecule has 0 saturated heterocycles. The minimum Gasteiger partial charge on any atom is -0.373 e. The molecule has 1 saturated carbocycles. The Kier molecular flexibility index (Phi) is 4.99. The highest BCUT2D eigenvalue weighted by molar-refractivity contribution is 5.95. The number of amides is 1. The number of hydrogen-bond acceptors (Lipinski definition) is 3. The van der Waals surface area contributed by atoms with Crippen LogP contribution in [0.25, 0.3) is 0 Å². The van der Waals surface area contributed by atoms with E-state index < -0.39 is 0 Å². The molecular formula is C16H25N3O. The summed E-state index contributed by atoms with van der Waals surface area (Å²) in [7, 11) is 1.81. The molecule has 0 aromatic carbocycles. The van der Waals surface area contributed by atoms with E-state index in [2.05, 4.69) is 22.5 Å². The lowest BCUT2D eigenvalue weighted by molar-refractivity contribution is 0.0919. The van der Waals surface area contributed by atoms with Crippen molar-refractivity contribution in [1.29, 1.82) is 0 Å². The molecule has 0 spiro atoms. The lowest BCUT2D eigenvalue weighted by Gasteiger charge is -2.28. The molecule has 1 aromatic heterocycles. The predicted octanol–water partition coefficient (Wildman–Crippen LogP) is 3.13. The zero-order valence-electron chi connectivity index (χ0n) is 12.7. The Balaban J connectivity index is 2.01. The Labute approximate surface area is 121 Å². The smallest absolute Gasteiger partial charge is 0.251 e. The van der Waals surface area contributed by atoms with E-state index in [1.165, 1.54) is 32.1 Å². The molecule has 1 amide bonds. The Hall–Kier alpha value is -1.58. The van der Waals surface area contributed by atoms with Gasteiger partial charge in [0.05, 0.1) is 0 Å². The molecule has 2 N–H and O–H groups in total. The summed E-state index contributed by atoms with van der Waals surface area (Å²) in [6, 6.07) is 3.88. The van der Waals surface area contributed by atoms with E-state index in [4.69, 9.17) is 0 Å². The summed E-state index contributed by atoms with van der Waals surface area (Å²) in [5.74, 6) is 1.37. The van der Waals surface area contributed by atoms with Crippen LogP contribution in [-0.2, 0) is 0 Å². The SMILES string of the molecule is CNc1cc(C(=O)NC(C)C2CCCCC2)cc(C)n1. The van der Waals surface area contributed by atoms with Crippen LogP contribution in [0, 0.1) is 12.8 Å². The normalized spacial score (nSPS) is 17.6. The van der Waals surface area contributed by atoms with Crippen LogP contribution in [0.2, 0.25) is 0 Å². The van der Waals surface area contributed by atoms with Crippen LogP contribution < -0.4 is 10.6 Å². The van der Waals surface area contributed by atoms with E-state index >= 15 is 0 Å². The third-order valence-electron chi connectivity index (χ3n) is 4.19. The highest BCUT2D eigenvalue weighted by atomic mass is 16.1. The summed E-state index contributed by atoms with van der Waals surface area (Å²) in [4.78, 5) is 16.7. The Morgan fingerprint density at radius 1 is 1.30 bits per heavy atom. The molecule has 1 aliphatic rings. The van der Waals surface area contributed by atoms with Crippen LogP contribution in [0.1, 0.15) is 55.1 Å². The summed E-state index contributed by atoms with van der Waals surface area (Å²) in [5.41, 5.74) is 1.54. The Morgan fingerprint density at radius 2 is 2.00 bits per heavy atom. The molecule has 1 heterocycles. The fourth-order valence-electron chi connectivity index (χ4n) is 2.97. The first kappa shape index (κ1) is 14.8. The van der Waals surface area contributed by atoms with E-state index in [1.54, 1.807) is 6.07 Å². The van der Waals surface area contributed by atoms with E-state index in [0.29, 0.717) is 11.5 Å². The number of aromatic nitrogens is 1. The number of nitrogens with one attached hydrogen (secondary N) is 2. The van der Waals surface area contributed by atoms with Gasteiger partial charge in [0, 0.05) is 24.3 Å². The molecule has 1 unspecified atom stereocenters. The van der Waals surface area contributed by atoms with Crippen molar-refractivity contribution >= 4 is 11.7 Å². The number of nitrogens with zero attached hydrogens (tertiary/aromatic N) is 1. The van der Waals surface area contributed by atoms with Crippen molar-refractivity contribution < 1.29 is 4.79 Å². The second kappa shape index (κ2) is 6.73. The number of carbonyl (C=O) groups excluding carboxylic acids is 1. The van der Waals surface area contributed by atoms with Gasteiger partial charge in [-0.3, -0.25) is 4.79 Å². The van der Waals surface area contributed by atoms with Crippen molar-refractivity contribution in [3.05, 3.63) is 23.4 Å².